The van der Waals surface area contributed by atoms with E-state index in [0.29, 0.717) is 5.02 Å². The second-order valence-corrected chi connectivity index (χ2v) is 9.08. The van der Waals surface area contributed by atoms with Gasteiger partial charge in [-0.05, 0) is 77.2 Å². The van der Waals surface area contributed by atoms with E-state index in [4.69, 9.17) is 11.6 Å². The highest BCUT2D eigenvalue weighted by Crippen LogP contribution is 2.28. The van der Waals surface area contributed by atoms with Crippen LogP contribution in [0.2, 0.25) is 5.02 Å². The van der Waals surface area contributed by atoms with Gasteiger partial charge in [-0.3, -0.25) is 4.99 Å². The number of aryl methyl sites for hydroxylation is 1. The van der Waals surface area contributed by atoms with Crippen molar-refractivity contribution in [3.63, 3.8) is 0 Å². The van der Waals surface area contributed by atoms with Crippen LogP contribution in [0.1, 0.15) is 43.3 Å². The van der Waals surface area contributed by atoms with Crippen LogP contribution in [0.3, 0.4) is 0 Å². The summed E-state index contributed by atoms with van der Waals surface area (Å²) in [5, 5.41) is 0.661. The third kappa shape index (κ3) is 4.36. The molecular formula is C23H24BrClN2. The number of halogens is 2. The van der Waals surface area contributed by atoms with Crippen LogP contribution in [-0.2, 0) is 5.41 Å². The van der Waals surface area contributed by atoms with Crippen LogP contribution in [0.15, 0.2) is 58.0 Å². The quantitative estimate of drug-likeness (QED) is 0.372. The molecule has 0 aliphatic carbocycles. The molecule has 0 amide bonds. The van der Waals surface area contributed by atoms with Crippen molar-refractivity contribution in [3.8, 4) is 5.69 Å². The van der Waals surface area contributed by atoms with Crippen LogP contribution in [-0.4, -0.2) is 10.8 Å². The average molecular weight is 444 g/mol. The summed E-state index contributed by atoms with van der Waals surface area (Å²) in [6.07, 6.45) is 1.90. The summed E-state index contributed by atoms with van der Waals surface area (Å²) in [6, 6.07) is 16.7. The first-order valence-electron chi connectivity index (χ1n) is 8.96. The van der Waals surface area contributed by atoms with Crippen LogP contribution in [0.4, 0.5) is 5.69 Å². The average Bonchev–Trinajstić information content (AvgIpc) is 2.89. The van der Waals surface area contributed by atoms with E-state index in [2.05, 4.69) is 90.4 Å². The molecule has 0 aliphatic heterocycles. The molecule has 0 saturated carbocycles. The molecule has 0 fully saturated rings. The Morgan fingerprint density at radius 3 is 2.26 bits per heavy atom. The Hall–Kier alpha value is -1.84. The fourth-order valence-electron chi connectivity index (χ4n) is 3.14. The van der Waals surface area contributed by atoms with Crippen LogP contribution in [0.25, 0.3) is 5.69 Å². The second kappa shape index (κ2) is 7.65. The number of aliphatic imine (C=N–C) groups is 1. The molecule has 0 spiro atoms. The molecule has 3 aromatic rings. The van der Waals surface area contributed by atoms with Gasteiger partial charge >= 0.3 is 0 Å². The molecule has 27 heavy (non-hydrogen) atoms. The summed E-state index contributed by atoms with van der Waals surface area (Å²) in [4.78, 5) is 4.59. The number of nitrogens with zero attached hydrogens (tertiary/aromatic N) is 2. The Bertz CT molecular complexity index is 992. The molecule has 1 heterocycles. The van der Waals surface area contributed by atoms with Crippen LogP contribution in [0.5, 0.6) is 0 Å². The van der Waals surface area contributed by atoms with Crippen molar-refractivity contribution in [2.24, 2.45) is 4.99 Å². The Morgan fingerprint density at radius 2 is 1.67 bits per heavy atom. The highest BCUT2D eigenvalue weighted by atomic mass is 79.9. The first kappa shape index (κ1) is 19.9. The van der Waals surface area contributed by atoms with Crippen molar-refractivity contribution in [3.05, 3.63) is 80.5 Å². The highest BCUT2D eigenvalue weighted by Gasteiger charge is 2.14. The maximum Gasteiger partial charge on any atom is 0.0645 e. The number of benzene rings is 2. The SMILES string of the molecule is Cc1cc(C=Nc2ccc(Br)c(Cl)c2)c(C)n1-c1ccc(C(C)(C)C)cc1. The summed E-state index contributed by atoms with van der Waals surface area (Å²) < 4.78 is 3.14. The molecular weight excluding hydrogens is 420 g/mol. The normalized spacial score (nSPS) is 12.1. The summed E-state index contributed by atoms with van der Waals surface area (Å²) in [6.45, 7) is 10.9. The maximum absolute atomic E-state index is 6.16. The Labute approximate surface area is 175 Å². The topological polar surface area (TPSA) is 17.3 Å². The molecule has 3 rings (SSSR count). The lowest BCUT2D eigenvalue weighted by Crippen LogP contribution is -2.11. The van der Waals surface area contributed by atoms with Crippen LogP contribution < -0.4 is 0 Å². The predicted octanol–water partition coefficient (Wildman–Crippen LogP) is 7.56. The molecule has 1 aromatic heterocycles. The van der Waals surface area contributed by atoms with Crippen molar-refractivity contribution in [2.45, 2.75) is 40.0 Å². The van der Waals surface area contributed by atoms with Gasteiger partial charge in [-0.2, -0.15) is 0 Å². The highest BCUT2D eigenvalue weighted by molar-refractivity contribution is 9.10. The van der Waals surface area contributed by atoms with E-state index in [9.17, 15) is 0 Å². The van der Waals surface area contributed by atoms with Gasteiger partial charge in [0.2, 0.25) is 0 Å². The van der Waals surface area contributed by atoms with E-state index in [1.165, 1.54) is 22.6 Å². The summed E-state index contributed by atoms with van der Waals surface area (Å²) in [7, 11) is 0. The zero-order valence-corrected chi connectivity index (χ0v) is 18.7. The van der Waals surface area contributed by atoms with Gasteiger partial charge in [-0.15, -0.1) is 0 Å². The van der Waals surface area contributed by atoms with Crippen LogP contribution >= 0.6 is 27.5 Å². The molecule has 0 aliphatic rings. The molecule has 2 nitrogen and oxygen atoms in total. The zero-order valence-electron chi connectivity index (χ0n) is 16.3. The van der Waals surface area contributed by atoms with Gasteiger partial charge in [0, 0.05) is 33.3 Å². The largest absolute Gasteiger partial charge is 0.318 e. The van der Waals surface area contributed by atoms with E-state index in [1.54, 1.807) is 0 Å². The van der Waals surface area contributed by atoms with Gasteiger partial charge < -0.3 is 4.57 Å². The van der Waals surface area contributed by atoms with Crippen molar-refractivity contribution in [1.29, 1.82) is 0 Å². The summed E-state index contributed by atoms with van der Waals surface area (Å²) in [5.74, 6) is 0. The smallest absolute Gasteiger partial charge is 0.0645 e. The minimum absolute atomic E-state index is 0.156. The van der Waals surface area contributed by atoms with Crippen LogP contribution in [0, 0.1) is 13.8 Å². The number of aromatic nitrogens is 1. The number of hydrogen-bond donors (Lipinski definition) is 0. The van der Waals surface area contributed by atoms with Gasteiger partial charge in [0.15, 0.2) is 0 Å². The molecule has 0 bridgehead atoms. The van der Waals surface area contributed by atoms with Gasteiger partial charge in [-0.25, -0.2) is 0 Å². The van der Waals surface area contributed by atoms with E-state index in [-0.39, 0.29) is 5.41 Å². The van der Waals surface area contributed by atoms with E-state index in [1.807, 2.05) is 24.4 Å². The second-order valence-electron chi connectivity index (χ2n) is 7.82. The first-order valence-corrected chi connectivity index (χ1v) is 10.1. The van der Waals surface area contributed by atoms with Gasteiger partial charge in [0.1, 0.15) is 0 Å². The first-order chi connectivity index (χ1) is 12.7. The predicted molar refractivity (Wildman–Crippen MR) is 120 cm³/mol. The lowest BCUT2D eigenvalue weighted by Gasteiger charge is -2.20. The number of hydrogen-bond acceptors (Lipinski definition) is 1. The Kier molecular flexibility index (Phi) is 5.64. The van der Waals surface area contributed by atoms with Gasteiger partial charge in [-0.1, -0.05) is 44.5 Å². The Morgan fingerprint density at radius 1 is 1.00 bits per heavy atom. The third-order valence-electron chi connectivity index (χ3n) is 4.72. The lowest BCUT2D eigenvalue weighted by molar-refractivity contribution is 0.590. The van der Waals surface area contributed by atoms with E-state index in [0.717, 1.165) is 15.7 Å². The fourth-order valence-corrected chi connectivity index (χ4v) is 3.56. The summed E-state index contributed by atoms with van der Waals surface area (Å²) in [5.41, 5.74) is 6.96. The van der Waals surface area contributed by atoms with E-state index >= 15 is 0 Å². The van der Waals surface area contributed by atoms with Crippen molar-refractivity contribution >= 4 is 39.4 Å². The number of rotatable bonds is 3. The molecule has 140 valence electrons. The summed E-state index contributed by atoms with van der Waals surface area (Å²) >= 11 is 9.56. The van der Waals surface area contributed by atoms with Crippen molar-refractivity contribution in [1.82, 2.24) is 4.57 Å². The molecule has 4 heteroatoms. The molecule has 0 saturated heterocycles. The van der Waals surface area contributed by atoms with Gasteiger partial charge in [0.05, 0.1) is 10.7 Å². The monoisotopic (exact) mass is 442 g/mol. The minimum Gasteiger partial charge on any atom is -0.318 e. The minimum atomic E-state index is 0.156. The van der Waals surface area contributed by atoms with Crippen molar-refractivity contribution in [2.75, 3.05) is 0 Å². The maximum atomic E-state index is 6.16. The van der Waals surface area contributed by atoms with E-state index < -0.39 is 0 Å². The fraction of sp³-hybridized carbons (Fsp3) is 0.261. The zero-order chi connectivity index (χ0) is 19.8. The lowest BCUT2D eigenvalue weighted by atomic mass is 9.87. The van der Waals surface area contributed by atoms with Crippen molar-refractivity contribution < 1.29 is 0 Å². The molecule has 0 radical (unpaired) electrons. The Balaban J connectivity index is 1.92. The third-order valence-corrected chi connectivity index (χ3v) is 5.95. The molecule has 0 atom stereocenters. The molecule has 0 unspecified atom stereocenters. The molecule has 0 N–H and O–H groups in total. The standard InChI is InChI=1S/C23H24BrClN2/c1-15-12-17(14-26-19-8-11-21(24)22(25)13-19)16(2)27(15)20-9-6-18(7-10-20)23(3,4)5/h6-14H,1-5H3. The van der Waals surface area contributed by atoms with Gasteiger partial charge in [0.25, 0.3) is 0 Å². The molecule has 2 aromatic carbocycles.